The van der Waals surface area contributed by atoms with Crippen LogP contribution in [0.15, 0.2) is 224 Å². The van der Waals surface area contributed by atoms with Gasteiger partial charge < -0.3 is 24.4 Å². The summed E-state index contributed by atoms with van der Waals surface area (Å²) in [6, 6.07) is 77.3. The zero-order chi connectivity index (χ0) is 41.1. The van der Waals surface area contributed by atoms with Gasteiger partial charge in [0.25, 0.3) is 0 Å². The number of nitrogens with one attached hydrogen (secondary N) is 2. The summed E-state index contributed by atoms with van der Waals surface area (Å²) >= 11 is 0. The SMILES string of the molecule is N=C(/C=C(\Nc1cc(-n2c3ccccc3c3ccccc32)cc(-n2c3ccccc3c3ccccc32)c1)c1ccc(-n2c3ccccc3c3ccccc32)cc1)c1ccccc1. The molecular weight excluding hydrogens is 755 g/mol. The third-order valence-electron chi connectivity index (χ3n) is 12.2. The van der Waals surface area contributed by atoms with Crippen LogP contribution in [0.25, 0.3) is 88.2 Å². The second-order valence-electron chi connectivity index (χ2n) is 15.9. The van der Waals surface area contributed by atoms with Gasteiger partial charge in [0.1, 0.15) is 0 Å². The normalized spacial score (nSPS) is 12.0. The molecule has 62 heavy (non-hydrogen) atoms. The van der Waals surface area contributed by atoms with E-state index >= 15 is 0 Å². The molecule has 0 fully saturated rings. The lowest BCUT2D eigenvalue weighted by Gasteiger charge is -2.18. The molecule has 0 amide bonds. The van der Waals surface area contributed by atoms with Crippen molar-refractivity contribution in [3.8, 4) is 17.1 Å². The second kappa shape index (κ2) is 14.4. The van der Waals surface area contributed by atoms with Crippen LogP contribution in [0.5, 0.6) is 0 Å². The van der Waals surface area contributed by atoms with Gasteiger partial charge in [-0.3, -0.25) is 0 Å². The number of nitrogens with zero attached hydrogens (tertiary/aromatic N) is 3. The molecule has 3 heterocycles. The van der Waals surface area contributed by atoms with Crippen molar-refractivity contribution in [1.82, 2.24) is 13.7 Å². The van der Waals surface area contributed by atoms with Gasteiger partial charge >= 0.3 is 0 Å². The number of allylic oxidation sites excluding steroid dienone is 1. The van der Waals surface area contributed by atoms with Crippen LogP contribution in [0.2, 0.25) is 0 Å². The maximum atomic E-state index is 9.36. The highest BCUT2D eigenvalue weighted by molar-refractivity contribution is 6.13. The monoisotopic (exact) mass is 793 g/mol. The molecular formula is C57H39N5. The van der Waals surface area contributed by atoms with E-state index in [0.717, 1.165) is 61.6 Å². The van der Waals surface area contributed by atoms with Gasteiger partial charge in [-0.2, -0.15) is 0 Å². The van der Waals surface area contributed by atoms with Crippen molar-refractivity contribution in [2.45, 2.75) is 0 Å². The van der Waals surface area contributed by atoms with Gasteiger partial charge in [-0.15, -0.1) is 0 Å². The van der Waals surface area contributed by atoms with Gasteiger partial charge in [-0.25, -0.2) is 0 Å². The van der Waals surface area contributed by atoms with Crippen molar-refractivity contribution >= 4 is 82.5 Å². The molecule has 0 aliphatic rings. The van der Waals surface area contributed by atoms with Crippen molar-refractivity contribution in [3.63, 3.8) is 0 Å². The highest BCUT2D eigenvalue weighted by Gasteiger charge is 2.18. The van der Waals surface area contributed by atoms with Crippen LogP contribution < -0.4 is 5.32 Å². The minimum Gasteiger partial charge on any atom is -0.355 e. The Kier molecular flexibility index (Phi) is 8.25. The van der Waals surface area contributed by atoms with E-state index in [1.165, 1.54) is 43.4 Å². The van der Waals surface area contributed by atoms with Crippen LogP contribution in [0.1, 0.15) is 11.1 Å². The maximum absolute atomic E-state index is 9.36. The fourth-order valence-corrected chi connectivity index (χ4v) is 9.51. The Labute approximate surface area is 358 Å². The molecule has 0 unspecified atom stereocenters. The number of hydrogen-bond acceptors (Lipinski definition) is 2. The van der Waals surface area contributed by atoms with E-state index in [4.69, 9.17) is 0 Å². The van der Waals surface area contributed by atoms with E-state index in [1.54, 1.807) is 0 Å². The molecule has 5 heteroatoms. The van der Waals surface area contributed by atoms with E-state index in [-0.39, 0.29) is 0 Å². The molecule has 0 radical (unpaired) electrons. The zero-order valence-electron chi connectivity index (χ0n) is 33.7. The summed E-state index contributed by atoms with van der Waals surface area (Å²) in [7, 11) is 0. The standard InChI is InChI=1S/C57H39N5/c58-50(38-16-2-1-3-17-38)37-51(39-30-32-41(33-31-39)60-52-24-10-4-18-44(52)45-19-5-11-25-53(45)60)59-40-34-42(61-54-26-12-6-20-46(54)47-21-7-13-27-55(47)61)36-43(35-40)62-56-28-14-8-22-48(56)49-23-9-15-29-57(49)62/h1-37,58-59H/b51-37-,58-50?. The Morgan fingerprint density at radius 2 is 0.677 bits per heavy atom. The first-order chi connectivity index (χ1) is 30.7. The third-order valence-corrected chi connectivity index (χ3v) is 12.2. The number of para-hydroxylation sites is 6. The summed E-state index contributed by atoms with van der Waals surface area (Å²) in [5.41, 5.74) is 14.0. The first-order valence-electron chi connectivity index (χ1n) is 21.0. The summed E-state index contributed by atoms with van der Waals surface area (Å²) in [5.74, 6) is 0. The molecule has 12 aromatic rings. The van der Waals surface area contributed by atoms with E-state index in [0.29, 0.717) is 5.71 Å². The maximum Gasteiger partial charge on any atom is 0.0633 e. The first kappa shape index (κ1) is 35.5. The number of fused-ring (bicyclic) bond motifs is 9. The first-order valence-corrected chi connectivity index (χ1v) is 21.0. The summed E-state index contributed by atoms with van der Waals surface area (Å²) < 4.78 is 7.09. The molecule has 292 valence electrons. The Morgan fingerprint density at radius 3 is 1.06 bits per heavy atom. The fourth-order valence-electron chi connectivity index (χ4n) is 9.51. The molecule has 9 aromatic carbocycles. The minimum atomic E-state index is 0.417. The Morgan fingerprint density at radius 1 is 0.339 bits per heavy atom. The van der Waals surface area contributed by atoms with Gasteiger partial charge in [-0.05, 0) is 83.9 Å². The molecule has 0 saturated heterocycles. The van der Waals surface area contributed by atoms with Gasteiger partial charge in [0.2, 0.25) is 0 Å². The highest BCUT2D eigenvalue weighted by Crippen LogP contribution is 2.38. The molecule has 0 saturated carbocycles. The quantitative estimate of drug-likeness (QED) is 0.148. The van der Waals surface area contributed by atoms with Crippen LogP contribution in [-0.4, -0.2) is 19.4 Å². The summed E-state index contributed by atoms with van der Waals surface area (Å²) in [4.78, 5) is 0. The van der Waals surface area contributed by atoms with E-state index in [2.05, 4.69) is 207 Å². The van der Waals surface area contributed by atoms with Gasteiger partial charge in [0.15, 0.2) is 0 Å². The lowest BCUT2D eigenvalue weighted by atomic mass is 10.0. The van der Waals surface area contributed by atoms with Crippen LogP contribution in [0, 0.1) is 5.41 Å². The van der Waals surface area contributed by atoms with Crippen LogP contribution in [-0.2, 0) is 0 Å². The highest BCUT2D eigenvalue weighted by atomic mass is 15.0. The smallest absolute Gasteiger partial charge is 0.0633 e. The van der Waals surface area contributed by atoms with Crippen molar-refractivity contribution in [2.75, 3.05) is 5.32 Å². The van der Waals surface area contributed by atoms with E-state index < -0.39 is 0 Å². The fraction of sp³-hybridized carbons (Fsp3) is 0. The molecule has 0 atom stereocenters. The van der Waals surface area contributed by atoms with Crippen molar-refractivity contribution in [1.29, 1.82) is 5.41 Å². The predicted octanol–water partition coefficient (Wildman–Crippen LogP) is 14.5. The molecule has 0 aliphatic heterocycles. The molecule has 12 rings (SSSR count). The Bertz CT molecular complexity index is 3440. The number of hydrogen-bond donors (Lipinski definition) is 2. The number of anilines is 1. The van der Waals surface area contributed by atoms with Crippen molar-refractivity contribution in [2.24, 2.45) is 0 Å². The summed E-state index contributed by atoms with van der Waals surface area (Å²) in [6.45, 7) is 0. The largest absolute Gasteiger partial charge is 0.355 e. The number of aromatic nitrogens is 3. The predicted molar refractivity (Wildman–Crippen MR) is 261 cm³/mol. The Balaban J connectivity index is 1.06. The topological polar surface area (TPSA) is 50.7 Å². The van der Waals surface area contributed by atoms with Gasteiger partial charge in [0, 0.05) is 49.4 Å². The summed E-state index contributed by atoms with van der Waals surface area (Å²) in [5, 5.41) is 20.5. The molecule has 0 bridgehead atoms. The lowest BCUT2D eigenvalue weighted by Crippen LogP contribution is -2.06. The van der Waals surface area contributed by atoms with E-state index in [1.807, 2.05) is 36.4 Å². The van der Waals surface area contributed by atoms with Crippen molar-refractivity contribution < 1.29 is 0 Å². The third kappa shape index (κ3) is 5.75. The molecule has 3 aromatic heterocycles. The summed E-state index contributed by atoms with van der Waals surface area (Å²) in [6.07, 6.45) is 1.96. The average Bonchev–Trinajstić information content (AvgIpc) is 3.98. The van der Waals surface area contributed by atoms with Gasteiger partial charge in [0.05, 0.1) is 50.2 Å². The number of rotatable bonds is 8. The van der Waals surface area contributed by atoms with Crippen LogP contribution >= 0.6 is 0 Å². The lowest BCUT2D eigenvalue weighted by molar-refractivity contribution is 1.13. The molecule has 0 aliphatic carbocycles. The van der Waals surface area contributed by atoms with E-state index in [9.17, 15) is 5.41 Å². The Hall–Kier alpha value is -8.41. The molecule has 2 N–H and O–H groups in total. The second-order valence-corrected chi connectivity index (χ2v) is 15.9. The van der Waals surface area contributed by atoms with Crippen LogP contribution in [0.3, 0.4) is 0 Å². The molecule has 0 spiro atoms. The van der Waals surface area contributed by atoms with Gasteiger partial charge in [-0.1, -0.05) is 152 Å². The minimum absolute atomic E-state index is 0.417. The average molecular weight is 794 g/mol. The van der Waals surface area contributed by atoms with Crippen LogP contribution in [0.4, 0.5) is 5.69 Å². The zero-order valence-corrected chi connectivity index (χ0v) is 33.7. The number of benzene rings is 9. The molecule has 5 nitrogen and oxygen atoms in total. The van der Waals surface area contributed by atoms with Crippen molar-refractivity contribution in [3.05, 3.63) is 236 Å².